The number of carbonyl (C=O) groups is 5. The summed E-state index contributed by atoms with van der Waals surface area (Å²) in [6, 6.07) is 21.2. The number of carbonyl (C=O) groups excluding carboxylic acids is 5. The van der Waals surface area contributed by atoms with Gasteiger partial charge in [0, 0.05) is 30.7 Å². The molecule has 1 amide bonds. The maximum absolute atomic E-state index is 16.3. The molecule has 3 aromatic rings. The van der Waals surface area contributed by atoms with E-state index in [0.717, 1.165) is 13.8 Å². The maximum atomic E-state index is 16.3. The Morgan fingerprint density at radius 2 is 1.32 bits per heavy atom. The molecule has 2 saturated heterocycles. The van der Waals surface area contributed by atoms with Crippen molar-refractivity contribution in [3.8, 4) is 0 Å². The molecule has 4 fully saturated rings. The van der Waals surface area contributed by atoms with E-state index in [2.05, 4.69) is 15.0 Å². The number of esters is 3. The van der Waals surface area contributed by atoms with Crippen molar-refractivity contribution in [2.75, 3.05) is 13.2 Å². The van der Waals surface area contributed by atoms with Crippen molar-refractivity contribution in [3.63, 3.8) is 0 Å². The maximum Gasteiger partial charge on any atom is 0.338 e. The molecule has 428 valence electrons. The monoisotopic (exact) mass is 1120 g/mol. The Kier molecular flexibility index (Phi) is 16.1. The van der Waals surface area contributed by atoms with Crippen LogP contribution in [0.15, 0.2) is 102 Å². The summed E-state index contributed by atoms with van der Waals surface area (Å²) in [7, 11) is 0. The van der Waals surface area contributed by atoms with E-state index in [1.165, 1.54) is 69.3 Å². The number of nitrogens with zero attached hydrogens (tertiary/aromatic N) is 4. The van der Waals surface area contributed by atoms with Gasteiger partial charge in [-0.1, -0.05) is 80.6 Å². The first-order chi connectivity index (χ1) is 37.7. The van der Waals surface area contributed by atoms with E-state index in [1.54, 1.807) is 42.5 Å². The average Bonchev–Trinajstić information content (AvgIpc) is 1.73. The van der Waals surface area contributed by atoms with Crippen LogP contribution in [0.4, 0.5) is 0 Å². The Bertz CT molecular complexity index is 2950. The van der Waals surface area contributed by atoms with Crippen molar-refractivity contribution < 1.29 is 102 Å². The largest absolute Gasteiger partial charge is 0.456 e. The minimum Gasteiger partial charge on any atom is -0.456 e. The van der Waals surface area contributed by atoms with Crippen LogP contribution >= 0.6 is 0 Å². The molecule has 15 atom stereocenters. The van der Waals surface area contributed by atoms with Crippen LogP contribution in [0.2, 0.25) is 0 Å². The van der Waals surface area contributed by atoms with E-state index in [0.29, 0.717) is 0 Å². The lowest BCUT2D eigenvalue weighted by atomic mass is 9.44. The summed E-state index contributed by atoms with van der Waals surface area (Å²) in [5, 5.41) is 71.1. The molecule has 0 radical (unpaired) electrons. The zero-order chi connectivity index (χ0) is 58.2. The predicted molar refractivity (Wildman–Crippen MR) is 258 cm³/mol. The van der Waals surface area contributed by atoms with Crippen LogP contribution in [0.3, 0.4) is 0 Å². The summed E-state index contributed by atoms with van der Waals surface area (Å²) in [6.45, 7) is 4.32. The molecule has 30 nitrogen and oxygen atoms in total. The zero-order valence-corrected chi connectivity index (χ0v) is 43.0. The van der Waals surface area contributed by atoms with Crippen molar-refractivity contribution >= 4 is 29.6 Å². The fraction of sp³-hybridized carbons (Fsp3) is 0.500. The highest BCUT2D eigenvalue weighted by Crippen LogP contribution is 2.65. The molecule has 0 spiro atoms. The van der Waals surface area contributed by atoms with Crippen molar-refractivity contribution in [2.24, 2.45) is 16.7 Å². The standard InChI is InChI=1S/C50H53N5O25/c1-25-30(73-45(61)36(57)35(27-15-9-6-10-16-27)51-43(59)28-17-11-7-12-18-28)22-50(62)42(75-44(60)29-19-13-8-14-20-29)40-48(5,41(58)38(79-54(67)68)34(25)47(50,3)4)32(21-33-49(40,24-72-33)76-26(2)56)74-46-39(80-55(69)70)37(78-53(65)66)31(23-71-46)77-52(63)64/h6-20,30-33,35-40,42,46,57,62H,21-24H2,1-5H3,(H,51,59)/t30-,31-,32-,33+,35-,36+,37+,38+,39-,40-,42-,46+,48+,49-,50+/m0/s1. The van der Waals surface area contributed by atoms with E-state index in [4.69, 9.17) is 38.1 Å². The van der Waals surface area contributed by atoms with E-state index in [9.17, 15) is 69.8 Å². The summed E-state index contributed by atoms with van der Waals surface area (Å²) in [5.41, 5.74) is -10.2. The highest BCUT2D eigenvalue weighted by molar-refractivity contribution is 5.95. The van der Waals surface area contributed by atoms with Crippen LogP contribution in [-0.2, 0) is 62.2 Å². The number of aliphatic hydroxyl groups is 2. The molecule has 5 aliphatic rings. The predicted octanol–water partition coefficient (Wildman–Crippen LogP) is 2.49. The Balaban J connectivity index is 1.32. The van der Waals surface area contributed by atoms with Gasteiger partial charge >= 0.3 is 17.9 Å². The first-order valence-electron chi connectivity index (χ1n) is 24.6. The van der Waals surface area contributed by atoms with Gasteiger partial charge in [0.2, 0.25) is 0 Å². The minimum atomic E-state index is -2.81. The third-order valence-corrected chi connectivity index (χ3v) is 15.7. The third-order valence-electron chi connectivity index (χ3n) is 15.7. The highest BCUT2D eigenvalue weighted by atomic mass is 17.0. The number of hydrogen-bond donors (Lipinski definition) is 3. The molecule has 0 unspecified atom stereocenters. The van der Waals surface area contributed by atoms with Gasteiger partial charge in [0.05, 0.1) is 42.3 Å². The summed E-state index contributed by atoms with van der Waals surface area (Å²) in [5.74, 6) is -7.78. The second kappa shape index (κ2) is 22.4. The number of ether oxygens (including phenoxy) is 6. The van der Waals surface area contributed by atoms with Crippen molar-refractivity contribution in [1.29, 1.82) is 0 Å². The normalized spacial score (nSPS) is 31.9. The molecule has 3 aliphatic carbocycles. The third kappa shape index (κ3) is 10.6. The topological polar surface area (TPSA) is 403 Å². The summed E-state index contributed by atoms with van der Waals surface area (Å²) in [6.07, 6.45) is -23.0. The molecule has 2 aliphatic heterocycles. The van der Waals surface area contributed by atoms with Gasteiger partial charge in [0.15, 0.2) is 48.2 Å². The van der Waals surface area contributed by atoms with E-state index < -0.39 is 177 Å². The molecule has 3 aromatic carbocycles. The minimum absolute atomic E-state index is 0.150. The van der Waals surface area contributed by atoms with E-state index in [-0.39, 0.29) is 22.3 Å². The second-order valence-corrected chi connectivity index (χ2v) is 20.3. The number of amides is 1. The Morgan fingerprint density at radius 3 is 1.88 bits per heavy atom. The number of benzene rings is 3. The Morgan fingerprint density at radius 1 is 0.762 bits per heavy atom. The van der Waals surface area contributed by atoms with Crippen molar-refractivity contribution in [1.82, 2.24) is 5.32 Å². The molecule has 30 heteroatoms. The smallest absolute Gasteiger partial charge is 0.338 e. The Hall–Kier alpha value is -8.45. The van der Waals surface area contributed by atoms with Gasteiger partial charge in [0.1, 0.15) is 23.9 Å². The number of fused-ring (bicyclic) bond motifs is 5. The molecule has 8 rings (SSSR count). The first kappa shape index (κ1) is 57.7. The lowest BCUT2D eigenvalue weighted by Crippen LogP contribution is -2.82. The van der Waals surface area contributed by atoms with Gasteiger partial charge in [-0.05, 0) is 54.8 Å². The first-order valence-corrected chi connectivity index (χ1v) is 24.6. The summed E-state index contributed by atoms with van der Waals surface area (Å²) < 4.78 is 36.6. The van der Waals surface area contributed by atoms with Gasteiger partial charge in [0.25, 0.3) is 26.3 Å². The Labute approximate surface area is 451 Å². The van der Waals surface area contributed by atoms with Crippen LogP contribution in [0.5, 0.6) is 0 Å². The second-order valence-electron chi connectivity index (χ2n) is 20.3. The van der Waals surface area contributed by atoms with Crippen LogP contribution in [0, 0.1) is 57.2 Å². The molecule has 2 saturated carbocycles. The SMILES string of the molecule is CC(=O)O[C@@]12CO[C@@H]1C[C@H](O[C@H]1OC[C@H](O[N+](=O)[O-])[C@@H](O[N+](=O)[O-])[C@@H]1O[N+](=O)[O-])[C@@]1(C)C(=O)[C@H](O[N+](=O)[O-])C3=C(C)[C@@H](OC(=O)[C@H](O)[C@@H](NC(=O)c4ccccc4)c4ccccc4)C[C@@](O)([C@@H](OC(=O)c4ccccc4)[C@H]21)C3(C)C. The van der Waals surface area contributed by atoms with Gasteiger partial charge in [-0.2, -0.15) is 0 Å². The number of hydrogen-bond acceptors (Lipinski definition) is 25. The van der Waals surface area contributed by atoms with Gasteiger partial charge < -0.3 is 58.5 Å². The van der Waals surface area contributed by atoms with Crippen LogP contribution < -0.4 is 5.32 Å². The molecule has 0 aromatic heterocycles. The van der Waals surface area contributed by atoms with E-state index >= 15 is 4.79 Å². The number of nitrogens with one attached hydrogen (secondary N) is 1. The molecule has 80 heavy (non-hydrogen) atoms. The molecular weight excluding hydrogens is 1070 g/mol. The van der Waals surface area contributed by atoms with Gasteiger partial charge in [-0.15, -0.1) is 40.5 Å². The lowest BCUT2D eigenvalue weighted by molar-refractivity contribution is -0.822. The molecule has 3 N–H and O–H groups in total. The molecule has 2 heterocycles. The molecule has 2 bridgehead atoms. The molecular formula is C50H53N5O25. The van der Waals surface area contributed by atoms with E-state index in [1.807, 2.05) is 0 Å². The number of rotatable bonds is 19. The lowest BCUT2D eigenvalue weighted by Gasteiger charge is -2.68. The van der Waals surface area contributed by atoms with Crippen LogP contribution in [0.25, 0.3) is 0 Å². The number of ketones is 1. The highest BCUT2D eigenvalue weighted by Gasteiger charge is 2.79. The summed E-state index contributed by atoms with van der Waals surface area (Å²) in [4.78, 5) is 140. The fourth-order valence-electron chi connectivity index (χ4n) is 11.9. The van der Waals surface area contributed by atoms with Crippen LogP contribution in [0.1, 0.15) is 79.8 Å². The van der Waals surface area contributed by atoms with Crippen molar-refractivity contribution in [3.05, 3.63) is 159 Å². The average molecular weight is 1120 g/mol. The van der Waals surface area contributed by atoms with Gasteiger partial charge in [-0.3, -0.25) is 19.2 Å². The van der Waals surface area contributed by atoms with Gasteiger partial charge in [-0.25, -0.2) is 9.59 Å². The fourth-order valence-corrected chi connectivity index (χ4v) is 11.9. The number of Topliss-reactive ketones (excluding diaryl/α,β-unsaturated/α-hetero) is 1. The number of aliphatic hydroxyl groups excluding tert-OH is 1. The summed E-state index contributed by atoms with van der Waals surface area (Å²) >= 11 is 0. The quantitative estimate of drug-likeness (QED) is 0.0510. The zero-order valence-electron chi connectivity index (χ0n) is 43.0. The van der Waals surface area contributed by atoms with Crippen LogP contribution in [-0.4, -0.2) is 146 Å². The van der Waals surface area contributed by atoms with Crippen molar-refractivity contribution in [2.45, 2.75) is 126 Å².